The number of aromatic nitrogens is 3. The molecule has 2 atom stereocenters. The largest absolute Gasteiger partial charge is 0.327 e. The molecule has 2 rings (SSSR count). The molecule has 1 aliphatic rings. The summed E-state index contributed by atoms with van der Waals surface area (Å²) in [6.45, 7) is 1.94. The maximum absolute atomic E-state index is 6.21. The summed E-state index contributed by atoms with van der Waals surface area (Å²) in [7, 11) is 1.97. The van der Waals surface area contributed by atoms with Crippen molar-refractivity contribution in [2.75, 3.05) is 0 Å². The van der Waals surface area contributed by atoms with Crippen molar-refractivity contribution in [2.45, 2.75) is 51.0 Å². The summed E-state index contributed by atoms with van der Waals surface area (Å²) in [6, 6.07) is 0.259. The Labute approximate surface area is 90.9 Å². The molecular weight excluding hydrogens is 188 g/mol. The van der Waals surface area contributed by atoms with Gasteiger partial charge < -0.3 is 5.73 Å². The van der Waals surface area contributed by atoms with Crippen LogP contribution < -0.4 is 5.73 Å². The molecule has 1 aliphatic carbocycles. The predicted molar refractivity (Wildman–Crippen MR) is 59.5 cm³/mol. The number of hydrogen-bond acceptors (Lipinski definition) is 3. The summed E-state index contributed by atoms with van der Waals surface area (Å²) in [5.41, 5.74) is 6.21. The maximum Gasteiger partial charge on any atom is 0.147 e. The Morgan fingerprint density at radius 3 is 2.67 bits per heavy atom. The van der Waals surface area contributed by atoms with Crippen LogP contribution in [0.15, 0.2) is 0 Å². The first kappa shape index (κ1) is 10.6. The molecule has 0 spiro atoms. The lowest BCUT2D eigenvalue weighted by atomic mass is 9.95. The number of rotatable bonds is 1. The second-order valence-corrected chi connectivity index (χ2v) is 4.55. The third kappa shape index (κ3) is 2.20. The molecule has 0 saturated heterocycles. The number of aryl methyl sites for hydroxylation is 2. The van der Waals surface area contributed by atoms with Gasteiger partial charge in [0.15, 0.2) is 0 Å². The minimum absolute atomic E-state index is 0.259. The number of nitrogens with zero attached hydrogens (tertiary/aromatic N) is 3. The average molecular weight is 208 g/mol. The van der Waals surface area contributed by atoms with Crippen molar-refractivity contribution < 1.29 is 0 Å². The molecule has 0 amide bonds. The van der Waals surface area contributed by atoms with Crippen LogP contribution in [0.4, 0.5) is 0 Å². The lowest BCUT2D eigenvalue weighted by molar-refractivity contribution is 0.465. The molecule has 1 heterocycles. The van der Waals surface area contributed by atoms with Gasteiger partial charge in [-0.3, -0.25) is 4.68 Å². The van der Waals surface area contributed by atoms with Crippen molar-refractivity contribution in [1.82, 2.24) is 14.8 Å². The van der Waals surface area contributed by atoms with Crippen LogP contribution in [0.3, 0.4) is 0 Å². The summed E-state index contributed by atoms with van der Waals surface area (Å²) >= 11 is 0. The highest BCUT2D eigenvalue weighted by atomic mass is 15.3. The van der Waals surface area contributed by atoms with Gasteiger partial charge in [0.25, 0.3) is 0 Å². The quantitative estimate of drug-likeness (QED) is 0.711. The fourth-order valence-electron chi connectivity index (χ4n) is 2.51. The van der Waals surface area contributed by atoms with E-state index in [9.17, 15) is 0 Å². The van der Waals surface area contributed by atoms with Crippen LogP contribution in [0.25, 0.3) is 0 Å². The van der Waals surface area contributed by atoms with Crippen LogP contribution in [-0.2, 0) is 7.05 Å². The third-order valence-electron chi connectivity index (χ3n) is 3.30. The smallest absolute Gasteiger partial charge is 0.147 e. The Kier molecular flexibility index (Phi) is 3.05. The van der Waals surface area contributed by atoms with Gasteiger partial charge in [-0.15, -0.1) is 0 Å². The lowest BCUT2D eigenvalue weighted by Gasteiger charge is -2.19. The zero-order valence-corrected chi connectivity index (χ0v) is 9.61. The van der Waals surface area contributed by atoms with E-state index in [0.29, 0.717) is 5.92 Å². The van der Waals surface area contributed by atoms with E-state index in [0.717, 1.165) is 24.5 Å². The normalized spacial score (nSPS) is 27.7. The Hall–Kier alpha value is -0.900. The minimum Gasteiger partial charge on any atom is -0.327 e. The van der Waals surface area contributed by atoms with Gasteiger partial charge in [0.1, 0.15) is 11.6 Å². The number of nitrogens with two attached hydrogens (primary N) is 1. The van der Waals surface area contributed by atoms with Gasteiger partial charge in [0.05, 0.1) is 0 Å². The predicted octanol–water partition coefficient (Wildman–Crippen LogP) is 1.50. The second kappa shape index (κ2) is 4.31. The van der Waals surface area contributed by atoms with Gasteiger partial charge in [-0.05, 0) is 19.8 Å². The molecule has 2 N–H and O–H groups in total. The van der Waals surface area contributed by atoms with Crippen molar-refractivity contribution in [3.8, 4) is 0 Å². The Bertz CT molecular complexity index is 331. The molecular formula is C11H20N4. The molecule has 1 aromatic heterocycles. The highest BCUT2D eigenvalue weighted by molar-refractivity contribution is 5.03. The molecule has 1 saturated carbocycles. The van der Waals surface area contributed by atoms with Crippen LogP contribution >= 0.6 is 0 Å². The van der Waals surface area contributed by atoms with Gasteiger partial charge in [-0.1, -0.05) is 19.3 Å². The Morgan fingerprint density at radius 2 is 2.00 bits per heavy atom. The molecule has 1 fully saturated rings. The Balaban J connectivity index is 2.23. The zero-order chi connectivity index (χ0) is 10.8. The second-order valence-electron chi connectivity index (χ2n) is 4.55. The van der Waals surface area contributed by atoms with Crippen molar-refractivity contribution >= 4 is 0 Å². The highest BCUT2D eigenvalue weighted by Gasteiger charge is 2.25. The zero-order valence-electron chi connectivity index (χ0n) is 9.61. The number of hydrogen-bond donors (Lipinski definition) is 1. The fraction of sp³-hybridized carbons (Fsp3) is 0.818. The minimum atomic E-state index is 0.259. The molecule has 0 bridgehead atoms. The lowest BCUT2D eigenvalue weighted by Crippen LogP contribution is -2.29. The summed E-state index contributed by atoms with van der Waals surface area (Å²) in [6.07, 6.45) is 6.11. The van der Waals surface area contributed by atoms with E-state index in [4.69, 9.17) is 5.73 Å². The van der Waals surface area contributed by atoms with E-state index >= 15 is 0 Å². The van der Waals surface area contributed by atoms with E-state index in [1.807, 2.05) is 18.7 Å². The Morgan fingerprint density at radius 1 is 1.27 bits per heavy atom. The first-order valence-corrected chi connectivity index (χ1v) is 5.81. The van der Waals surface area contributed by atoms with Crippen LogP contribution in [0.1, 0.15) is 49.7 Å². The van der Waals surface area contributed by atoms with Crippen molar-refractivity contribution in [3.63, 3.8) is 0 Å². The highest BCUT2D eigenvalue weighted by Crippen LogP contribution is 2.29. The van der Waals surface area contributed by atoms with Gasteiger partial charge in [-0.2, -0.15) is 5.10 Å². The molecule has 4 nitrogen and oxygen atoms in total. The van der Waals surface area contributed by atoms with Gasteiger partial charge in [-0.25, -0.2) is 4.98 Å². The SMILES string of the molecule is Cc1nc(C2CCCCCC2N)n(C)n1. The standard InChI is InChI=1S/C11H20N4/c1-8-13-11(15(2)14-8)9-6-4-3-5-7-10(9)12/h9-10H,3-7,12H2,1-2H3. The van der Waals surface area contributed by atoms with Crippen LogP contribution in [0.2, 0.25) is 0 Å². The maximum atomic E-state index is 6.21. The first-order chi connectivity index (χ1) is 7.18. The molecule has 4 heteroatoms. The molecule has 15 heavy (non-hydrogen) atoms. The van der Waals surface area contributed by atoms with Gasteiger partial charge >= 0.3 is 0 Å². The van der Waals surface area contributed by atoms with E-state index < -0.39 is 0 Å². The van der Waals surface area contributed by atoms with Crippen LogP contribution in [0.5, 0.6) is 0 Å². The van der Waals surface area contributed by atoms with E-state index in [1.165, 1.54) is 19.3 Å². The van der Waals surface area contributed by atoms with E-state index in [1.54, 1.807) is 0 Å². The van der Waals surface area contributed by atoms with E-state index in [2.05, 4.69) is 10.1 Å². The molecule has 84 valence electrons. The van der Waals surface area contributed by atoms with Crippen molar-refractivity contribution in [1.29, 1.82) is 0 Å². The van der Waals surface area contributed by atoms with Gasteiger partial charge in [0, 0.05) is 19.0 Å². The van der Waals surface area contributed by atoms with E-state index in [-0.39, 0.29) is 6.04 Å². The first-order valence-electron chi connectivity index (χ1n) is 5.81. The van der Waals surface area contributed by atoms with Gasteiger partial charge in [0.2, 0.25) is 0 Å². The molecule has 1 aromatic rings. The summed E-state index contributed by atoms with van der Waals surface area (Å²) in [5.74, 6) is 2.32. The summed E-state index contributed by atoms with van der Waals surface area (Å²) in [5, 5.41) is 4.30. The summed E-state index contributed by atoms with van der Waals surface area (Å²) < 4.78 is 1.89. The average Bonchev–Trinajstić information content (AvgIpc) is 2.39. The third-order valence-corrected chi connectivity index (χ3v) is 3.30. The fourth-order valence-corrected chi connectivity index (χ4v) is 2.51. The monoisotopic (exact) mass is 208 g/mol. The molecule has 0 radical (unpaired) electrons. The van der Waals surface area contributed by atoms with Crippen LogP contribution in [-0.4, -0.2) is 20.8 Å². The topological polar surface area (TPSA) is 56.7 Å². The van der Waals surface area contributed by atoms with Crippen molar-refractivity contribution in [2.24, 2.45) is 12.8 Å². The molecule has 2 unspecified atom stereocenters. The molecule has 0 aliphatic heterocycles. The molecule has 0 aromatic carbocycles. The summed E-state index contributed by atoms with van der Waals surface area (Å²) in [4.78, 5) is 4.50. The van der Waals surface area contributed by atoms with Crippen LogP contribution in [0, 0.1) is 6.92 Å². The van der Waals surface area contributed by atoms with Crippen molar-refractivity contribution in [3.05, 3.63) is 11.6 Å².